The Balaban J connectivity index is 0. The van der Waals surface area contributed by atoms with Crippen molar-refractivity contribution in [1.82, 2.24) is 4.57 Å². The van der Waals surface area contributed by atoms with Crippen LogP contribution < -0.4 is 39.4 Å². The molecular formula is C19H21ClNNaO7. The number of hydrogen-bond acceptors (Lipinski definition) is 4. The molecule has 0 fully saturated rings. The summed E-state index contributed by atoms with van der Waals surface area (Å²) in [6.07, 6.45) is -0.281. The first-order valence-electron chi connectivity index (χ1n) is 7.60. The molecule has 0 amide bonds. The van der Waals surface area contributed by atoms with Crippen LogP contribution in [-0.4, -0.2) is 40.0 Å². The fraction of sp³-hybridized carbons (Fsp3) is 0.158. The van der Waals surface area contributed by atoms with Gasteiger partial charge in [-0.3, -0.25) is 9.36 Å². The number of nitrogens with zero attached hydrogens (tertiary/aromatic N) is 1. The van der Waals surface area contributed by atoms with Crippen LogP contribution in [0.15, 0.2) is 42.5 Å². The number of carboxylic acid groups (broad SMARTS) is 1. The first kappa shape index (κ1) is 29.3. The zero-order valence-corrected chi connectivity index (χ0v) is 19.0. The van der Waals surface area contributed by atoms with Gasteiger partial charge in [0.25, 0.3) is 5.91 Å². The number of hydrogen-bond donors (Lipinski definition) is 0. The Kier molecular flexibility index (Phi) is 12.1. The molecule has 3 aromatic rings. The van der Waals surface area contributed by atoms with Crippen molar-refractivity contribution in [1.29, 1.82) is 0 Å². The number of aliphatic carboxylic acids is 1. The van der Waals surface area contributed by atoms with E-state index >= 15 is 0 Å². The molecule has 0 radical (unpaired) electrons. The molecule has 0 aliphatic carbocycles. The van der Waals surface area contributed by atoms with Gasteiger partial charge in [0.2, 0.25) is 0 Å². The predicted molar refractivity (Wildman–Crippen MR) is 104 cm³/mol. The van der Waals surface area contributed by atoms with Crippen LogP contribution in [0, 0.1) is 6.92 Å². The number of aromatic nitrogens is 1. The molecule has 0 aliphatic rings. The molecule has 2 aromatic carbocycles. The van der Waals surface area contributed by atoms with Crippen LogP contribution in [0.25, 0.3) is 10.9 Å². The number of methoxy groups -OCH3 is 1. The average Bonchev–Trinajstić information content (AvgIpc) is 2.86. The van der Waals surface area contributed by atoms with E-state index < -0.39 is 5.97 Å². The zero-order valence-electron chi connectivity index (χ0n) is 16.2. The Bertz CT molecular complexity index is 986. The van der Waals surface area contributed by atoms with Crippen LogP contribution in [0.4, 0.5) is 0 Å². The molecule has 0 unspecified atom stereocenters. The van der Waals surface area contributed by atoms with E-state index in [-0.39, 0.29) is 58.3 Å². The summed E-state index contributed by atoms with van der Waals surface area (Å²) in [5.74, 6) is -0.874. The Hall–Kier alpha value is -1.91. The molecule has 0 atom stereocenters. The molecule has 0 spiro atoms. The maximum Gasteiger partial charge on any atom is 1.00 e. The summed E-state index contributed by atoms with van der Waals surface area (Å²) in [7, 11) is 1.53. The van der Waals surface area contributed by atoms with E-state index in [1.165, 1.54) is 11.7 Å². The van der Waals surface area contributed by atoms with E-state index in [1.807, 2.05) is 0 Å². The summed E-state index contributed by atoms with van der Waals surface area (Å²) in [6.45, 7) is 1.72. The third kappa shape index (κ3) is 5.80. The van der Waals surface area contributed by atoms with E-state index in [1.54, 1.807) is 49.4 Å². The van der Waals surface area contributed by atoms with Gasteiger partial charge in [0.05, 0.1) is 12.6 Å². The quantitative estimate of drug-likeness (QED) is 0.403. The van der Waals surface area contributed by atoms with Crippen LogP contribution in [0.1, 0.15) is 21.6 Å². The zero-order chi connectivity index (χ0) is 18.1. The van der Waals surface area contributed by atoms with Crippen LogP contribution in [0.2, 0.25) is 5.02 Å². The minimum absolute atomic E-state index is 0. The third-order valence-corrected chi connectivity index (χ3v) is 4.41. The van der Waals surface area contributed by atoms with Gasteiger partial charge in [-0.05, 0) is 55.0 Å². The Morgan fingerprint density at radius 3 is 2.17 bits per heavy atom. The molecule has 6 N–H and O–H groups in total. The van der Waals surface area contributed by atoms with Crippen LogP contribution in [0.5, 0.6) is 5.75 Å². The number of rotatable bonds is 4. The minimum Gasteiger partial charge on any atom is -0.550 e. The van der Waals surface area contributed by atoms with Gasteiger partial charge < -0.3 is 31.1 Å². The van der Waals surface area contributed by atoms with E-state index in [2.05, 4.69) is 0 Å². The van der Waals surface area contributed by atoms with Gasteiger partial charge in [0.1, 0.15) is 5.75 Å². The molecule has 1 aromatic heterocycles. The summed E-state index contributed by atoms with van der Waals surface area (Å²) in [5, 5.41) is 12.3. The van der Waals surface area contributed by atoms with Gasteiger partial charge in [-0.1, -0.05) is 11.6 Å². The molecule has 152 valence electrons. The maximum atomic E-state index is 13.0. The standard InChI is InChI=1S/C19H16ClNO4.Na.3H2O/c1-11-15(10-18(22)23)16-9-14(25-2)7-8-17(16)21(11)19(24)12-3-5-13(20)6-4-12;;;;/h3-9H,10H2,1-2H3,(H,22,23);;3*1H2/q;+1;;;/p-1. The second-order valence-corrected chi connectivity index (χ2v) is 6.08. The Morgan fingerprint density at radius 2 is 1.66 bits per heavy atom. The van der Waals surface area contributed by atoms with E-state index in [9.17, 15) is 14.7 Å². The summed E-state index contributed by atoms with van der Waals surface area (Å²) in [6, 6.07) is 11.8. The largest absolute Gasteiger partial charge is 1.00 e. The fourth-order valence-electron chi connectivity index (χ4n) is 2.94. The number of halogens is 1. The molecule has 1 heterocycles. The summed E-state index contributed by atoms with van der Waals surface area (Å²) in [4.78, 5) is 24.1. The topological polar surface area (TPSA) is 166 Å². The Labute approximate surface area is 194 Å². The molecule has 0 aliphatic heterocycles. The van der Waals surface area contributed by atoms with Crippen molar-refractivity contribution in [3.05, 3.63) is 64.3 Å². The van der Waals surface area contributed by atoms with E-state index in [0.29, 0.717) is 38.5 Å². The molecule has 3 rings (SSSR count). The first-order valence-corrected chi connectivity index (χ1v) is 7.98. The van der Waals surface area contributed by atoms with Gasteiger partial charge in [-0.15, -0.1) is 0 Å². The number of carboxylic acids is 1. The predicted octanol–water partition coefficient (Wildman–Crippen LogP) is -2.88. The van der Waals surface area contributed by atoms with Crippen molar-refractivity contribution in [3.8, 4) is 5.75 Å². The maximum absolute atomic E-state index is 13.0. The van der Waals surface area contributed by atoms with Crippen LogP contribution in [-0.2, 0) is 11.2 Å². The monoisotopic (exact) mass is 433 g/mol. The molecule has 0 saturated heterocycles. The van der Waals surface area contributed by atoms with Gasteiger partial charge >= 0.3 is 29.6 Å². The number of carbonyl (C=O) groups excluding carboxylic acids is 2. The normalized spacial score (nSPS) is 9.34. The van der Waals surface area contributed by atoms with Gasteiger partial charge in [-0.25, -0.2) is 0 Å². The van der Waals surface area contributed by atoms with Crippen molar-refractivity contribution in [3.63, 3.8) is 0 Å². The Morgan fingerprint density at radius 1 is 1.07 bits per heavy atom. The third-order valence-electron chi connectivity index (χ3n) is 4.16. The molecule has 0 bridgehead atoms. The van der Waals surface area contributed by atoms with Crippen molar-refractivity contribution in [2.75, 3.05) is 7.11 Å². The molecule has 29 heavy (non-hydrogen) atoms. The summed E-state index contributed by atoms with van der Waals surface area (Å²) < 4.78 is 6.73. The smallest absolute Gasteiger partial charge is 0.550 e. The average molecular weight is 434 g/mol. The fourth-order valence-corrected chi connectivity index (χ4v) is 3.07. The number of carbonyl (C=O) groups is 2. The van der Waals surface area contributed by atoms with Crippen molar-refractivity contribution >= 4 is 34.4 Å². The number of benzene rings is 2. The van der Waals surface area contributed by atoms with Gasteiger partial charge in [0, 0.05) is 34.1 Å². The molecule has 0 saturated carbocycles. The van der Waals surface area contributed by atoms with Crippen molar-refractivity contribution in [2.24, 2.45) is 0 Å². The number of fused-ring (bicyclic) bond motifs is 1. The van der Waals surface area contributed by atoms with Crippen molar-refractivity contribution < 1.29 is 65.4 Å². The molecular weight excluding hydrogens is 413 g/mol. The summed E-state index contributed by atoms with van der Waals surface area (Å²) >= 11 is 5.88. The van der Waals surface area contributed by atoms with E-state index in [0.717, 1.165) is 0 Å². The minimum atomic E-state index is -1.20. The first-order chi connectivity index (χ1) is 11.9. The van der Waals surface area contributed by atoms with E-state index in [4.69, 9.17) is 16.3 Å². The van der Waals surface area contributed by atoms with Crippen molar-refractivity contribution in [2.45, 2.75) is 13.3 Å². The summed E-state index contributed by atoms with van der Waals surface area (Å²) in [5.41, 5.74) is 2.18. The van der Waals surface area contributed by atoms with Gasteiger partial charge in [-0.2, -0.15) is 0 Å². The van der Waals surface area contributed by atoms with Crippen LogP contribution in [0.3, 0.4) is 0 Å². The molecule has 10 heteroatoms. The number of ether oxygens (including phenoxy) is 1. The second-order valence-electron chi connectivity index (χ2n) is 5.64. The second kappa shape index (κ2) is 11.9. The SMILES string of the molecule is COc1ccc2c(c1)c(CC(=O)[O-])c(C)n2C(=O)c1ccc(Cl)cc1.O.O.O.[Na+]. The van der Waals surface area contributed by atoms with Crippen LogP contribution >= 0.6 is 11.6 Å². The van der Waals surface area contributed by atoms with Gasteiger partial charge in [0.15, 0.2) is 0 Å². The molecule has 8 nitrogen and oxygen atoms in total.